The highest BCUT2D eigenvalue weighted by Crippen LogP contribution is 2.22. The van der Waals surface area contributed by atoms with Crippen molar-refractivity contribution in [3.63, 3.8) is 0 Å². The number of ether oxygens (including phenoxy) is 4. The number of amides is 2. The van der Waals surface area contributed by atoms with Crippen molar-refractivity contribution in [1.29, 1.82) is 0 Å². The normalized spacial score (nSPS) is 13.1. The van der Waals surface area contributed by atoms with Gasteiger partial charge in [-0.15, -0.1) is 11.8 Å². The molecule has 2 amide bonds. The summed E-state index contributed by atoms with van der Waals surface area (Å²) in [6, 6.07) is 5.38. The zero-order valence-electron chi connectivity index (χ0n) is 22.3. The van der Waals surface area contributed by atoms with Crippen molar-refractivity contribution in [2.75, 3.05) is 19.5 Å². The van der Waals surface area contributed by atoms with Gasteiger partial charge >= 0.3 is 24.1 Å². The lowest BCUT2D eigenvalue weighted by atomic mass is 10.1. The van der Waals surface area contributed by atoms with Crippen molar-refractivity contribution in [2.45, 2.75) is 83.1 Å². The van der Waals surface area contributed by atoms with Crippen LogP contribution in [0.15, 0.2) is 29.2 Å². The summed E-state index contributed by atoms with van der Waals surface area (Å²) in [7, 11) is 1.24. The van der Waals surface area contributed by atoms with Crippen LogP contribution in [0.25, 0.3) is 0 Å². The summed E-state index contributed by atoms with van der Waals surface area (Å²) in [5.74, 6) is -0.991. The Balaban J connectivity index is 2.92. The minimum Gasteiger partial charge on any atom is -0.467 e. The quantitative estimate of drug-likeness (QED) is 0.265. The molecule has 0 bridgehead atoms. The van der Waals surface area contributed by atoms with Gasteiger partial charge in [-0.1, -0.05) is 12.1 Å². The van der Waals surface area contributed by atoms with Crippen LogP contribution in [-0.4, -0.2) is 66.9 Å². The minimum absolute atomic E-state index is 0.167. The number of carbonyl (C=O) groups excluding carboxylic acids is 4. The average Bonchev–Trinajstić information content (AvgIpc) is 2.73. The molecular weight excluding hydrogens is 488 g/mol. The van der Waals surface area contributed by atoms with Gasteiger partial charge in [-0.05, 0) is 66.2 Å². The van der Waals surface area contributed by atoms with E-state index in [-0.39, 0.29) is 18.8 Å². The molecule has 0 aliphatic carbocycles. The smallest absolute Gasteiger partial charge is 0.408 e. The Hall–Kier alpha value is -2.95. The molecule has 0 fully saturated rings. The summed E-state index contributed by atoms with van der Waals surface area (Å²) in [4.78, 5) is 49.8. The Morgan fingerprint density at radius 2 is 1.44 bits per heavy atom. The first-order chi connectivity index (χ1) is 16.6. The van der Waals surface area contributed by atoms with Gasteiger partial charge in [0.05, 0.1) is 13.7 Å². The molecule has 2 N–H and O–H groups in total. The molecule has 202 valence electrons. The Morgan fingerprint density at radius 1 is 0.889 bits per heavy atom. The zero-order valence-corrected chi connectivity index (χ0v) is 23.1. The molecule has 0 aromatic heterocycles. The van der Waals surface area contributed by atoms with E-state index in [9.17, 15) is 19.2 Å². The van der Waals surface area contributed by atoms with Crippen LogP contribution in [0.1, 0.15) is 54.0 Å². The van der Waals surface area contributed by atoms with Crippen LogP contribution >= 0.6 is 11.8 Å². The fraction of sp³-hybridized carbons (Fsp3) is 0.600. The lowest BCUT2D eigenvalue weighted by molar-refractivity contribution is -0.145. The van der Waals surface area contributed by atoms with Gasteiger partial charge in [0.1, 0.15) is 23.3 Å². The first kappa shape index (κ1) is 31.1. The largest absolute Gasteiger partial charge is 0.467 e. The van der Waals surface area contributed by atoms with E-state index in [1.165, 1.54) is 18.9 Å². The van der Waals surface area contributed by atoms with E-state index < -0.39 is 47.4 Å². The maximum Gasteiger partial charge on any atom is 0.408 e. The molecule has 0 aliphatic rings. The number of thioether (sulfide) groups is 1. The third-order valence-corrected chi connectivity index (χ3v) is 5.28. The number of benzene rings is 1. The van der Waals surface area contributed by atoms with Crippen LogP contribution < -0.4 is 10.6 Å². The first-order valence-electron chi connectivity index (χ1n) is 11.6. The van der Waals surface area contributed by atoms with Gasteiger partial charge in [0, 0.05) is 17.1 Å². The fourth-order valence-electron chi connectivity index (χ4n) is 2.82. The van der Waals surface area contributed by atoms with Gasteiger partial charge in [0.25, 0.3) is 0 Å². The molecule has 0 saturated heterocycles. The molecule has 0 heterocycles. The van der Waals surface area contributed by atoms with Crippen LogP contribution in [0.4, 0.5) is 9.59 Å². The van der Waals surface area contributed by atoms with Crippen molar-refractivity contribution in [3.8, 4) is 0 Å². The van der Waals surface area contributed by atoms with Crippen LogP contribution in [0, 0.1) is 0 Å². The highest BCUT2D eigenvalue weighted by atomic mass is 32.2. The van der Waals surface area contributed by atoms with E-state index >= 15 is 0 Å². The molecule has 0 radical (unpaired) electrons. The van der Waals surface area contributed by atoms with Gasteiger partial charge in [0.2, 0.25) is 0 Å². The monoisotopic (exact) mass is 526 g/mol. The van der Waals surface area contributed by atoms with Gasteiger partial charge in [0.15, 0.2) is 0 Å². The number of methoxy groups -OCH3 is 1. The topological polar surface area (TPSA) is 129 Å². The van der Waals surface area contributed by atoms with E-state index in [4.69, 9.17) is 18.9 Å². The van der Waals surface area contributed by atoms with Crippen molar-refractivity contribution in [2.24, 2.45) is 0 Å². The van der Waals surface area contributed by atoms with Crippen LogP contribution in [0.3, 0.4) is 0 Å². The predicted octanol–water partition coefficient (Wildman–Crippen LogP) is 3.84. The third-order valence-electron chi connectivity index (χ3n) is 4.19. The molecular formula is C25H38N2O8S. The first-order valence-corrected chi connectivity index (χ1v) is 12.6. The number of rotatable bonds is 10. The second-order valence-electron chi connectivity index (χ2n) is 9.84. The number of hydrogen-bond donors (Lipinski definition) is 2. The predicted molar refractivity (Wildman–Crippen MR) is 136 cm³/mol. The third kappa shape index (κ3) is 12.7. The minimum atomic E-state index is -0.947. The van der Waals surface area contributed by atoms with Crippen molar-refractivity contribution < 1.29 is 38.1 Å². The molecule has 2 atom stereocenters. The summed E-state index contributed by atoms with van der Waals surface area (Å²) >= 11 is 1.31. The summed E-state index contributed by atoms with van der Waals surface area (Å²) < 4.78 is 20.4. The summed E-state index contributed by atoms with van der Waals surface area (Å²) in [6.07, 6.45) is -1.28. The number of nitrogens with one attached hydrogen (secondary N) is 2. The Kier molecular flexibility index (Phi) is 12.1. The standard InChI is InChI=1S/C25H38N2O8S/c1-9-33-21(29)18(26-22(30)34-24(2,3)4)14-16-11-10-12-17(13-16)36-15-19(20(28)32-8)27-23(31)35-25(5,6)7/h10-13,18-19H,9,14-15H2,1-8H3,(H,26,30)(H,27,31)/t18-,19-/m1/s1. The fourth-order valence-corrected chi connectivity index (χ4v) is 3.81. The summed E-state index contributed by atoms with van der Waals surface area (Å²) in [5.41, 5.74) is -0.679. The Morgan fingerprint density at radius 3 is 1.94 bits per heavy atom. The summed E-state index contributed by atoms with van der Waals surface area (Å²) in [5, 5.41) is 5.11. The van der Waals surface area contributed by atoms with Crippen LogP contribution in [0.2, 0.25) is 0 Å². The second-order valence-corrected chi connectivity index (χ2v) is 10.9. The molecule has 0 unspecified atom stereocenters. The number of esters is 2. The zero-order chi connectivity index (χ0) is 27.5. The number of hydrogen-bond acceptors (Lipinski definition) is 9. The van der Waals surface area contributed by atoms with E-state index in [2.05, 4.69) is 10.6 Å². The molecule has 0 aliphatic heterocycles. The second kappa shape index (κ2) is 14.0. The highest BCUT2D eigenvalue weighted by Gasteiger charge is 2.27. The molecule has 0 saturated carbocycles. The molecule has 0 spiro atoms. The van der Waals surface area contributed by atoms with E-state index in [1.807, 2.05) is 18.2 Å². The van der Waals surface area contributed by atoms with Crippen molar-refractivity contribution in [3.05, 3.63) is 29.8 Å². The van der Waals surface area contributed by atoms with Gasteiger partial charge in [-0.25, -0.2) is 19.2 Å². The van der Waals surface area contributed by atoms with Gasteiger partial charge in [-0.3, -0.25) is 0 Å². The Bertz CT molecular complexity index is 908. The lowest BCUT2D eigenvalue weighted by Gasteiger charge is -2.23. The molecule has 1 aromatic carbocycles. The SMILES string of the molecule is CCOC(=O)[C@@H](Cc1cccc(SC[C@@H](NC(=O)OC(C)(C)C)C(=O)OC)c1)NC(=O)OC(C)(C)C. The summed E-state index contributed by atoms with van der Waals surface area (Å²) in [6.45, 7) is 12.2. The van der Waals surface area contributed by atoms with Crippen LogP contribution in [-0.2, 0) is 35.0 Å². The molecule has 36 heavy (non-hydrogen) atoms. The molecule has 1 aromatic rings. The van der Waals surface area contributed by atoms with E-state index in [0.29, 0.717) is 0 Å². The highest BCUT2D eigenvalue weighted by molar-refractivity contribution is 7.99. The lowest BCUT2D eigenvalue weighted by Crippen LogP contribution is -2.45. The van der Waals surface area contributed by atoms with E-state index in [1.54, 1.807) is 54.5 Å². The van der Waals surface area contributed by atoms with Crippen molar-refractivity contribution >= 4 is 35.9 Å². The molecule has 10 nitrogen and oxygen atoms in total. The van der Waals surface area contributed by atoms with E-state index in [0.717, 1.165) is 10.5 Å². The number of carbonyl (C=O) groups is 4. The molecule has 1 rings (SSSR count). The number of alkyl carbamates (subject to hydrolysis) is 2. The Labute approximate surface area is 217 Å². The van der Waals surface area contributed by atoms with Crippen molar-refractivity contribution in [1.82, 2.24) is 10.6 Å². The van der Waals surface area contributed by atoms with Gasteiger partial charge < -0.3 is 29.6 Å². The van der Waals surface area contributed by atoms with Gasteiger partial charge in [-0.2, -0.15) is 0 Å². The maximum atomic E-state index is 12.5. The maximum absolute atomic E-state index is 12.5. The molecule has 11 heteroatoms. The average molecular weight is 527 g/mol. The van der Waals surface area contributed by atoms with Crippen LogP contribution in [0.5, 0.6) is 0 Å².